The van der Waals surface area contributed by atoms with Crippen LogP contribution in [0.5, 0.6) is 0 Å². The summed E-state index contributed by atoms with van der Waals surface area (Å²) >= 11 is 3.63. The minimum Gasteiger partial charge on any atom is -0.387 e. The van der Waals surface area contributed by atoms with E-state index in [2.05, 4.69) is 22.2 Å². The number of hydrogen-bond donors (Lipinski definition) is 2. The Kier molecular flexibility index (Phi) is 5.17. The number of anilines is 1. The van der Waals surface area contributed by atoms with Crippen LogP contribution in [0.15, 0.2) is 18.6 Å². The zero-order valence-corrected chi connectivity index (χ0v) is 18.2. The molecule has 6 nitrogen and oxygen atoms in total. The van der Waals surface area contributed by atoms with Gasteiger partial charge in [0, 0.05) is 29.1 Å². The summed E-state index contributed by atoms with van der Waals surface area (Å²) in [6.45, 7) is 2.66. The Hall–Kier alpha value is -1.77. The van der Waals surface area contributed by atoms with Crippen LogP contribution in [0.3, 0.4) is 0 Å². The summed E-state index contributed by atoms with van der Waals surface area (Å²) < 4.78 is 0. The highest BCUT2D eigenvalue weighted by molar-refractivity contribution is 8.00. The fourth-order valence-corrected chi connectivity index (χ4v) is 6.75. The number of aryl methyl sites for hydroxylation is 2. The van der Waals surface area contributed by atoms with Gasteiger partial charge in [0.25, 0.3) is 0 Å². The Morgan fingerprint density at radius 3 is 2.93 bits per heavy atom. The number of rotatable bonds is 6. The molecule has 0 bridgehead atoms. The average Bonchev–Trinajstić information content (AvgIpc) is 3.14. The lowest BCUT2D eigenvalue weighted by Crippen LogP contribution is -2.54. The van der Waals surface area contributed by atoms with E-state index in [9.17, 15) is 5.11 Å². The van der Waals surface area contributed by atoms with Crippen LogP contribution in [-0.4, -0.2) is 48.2 Å². The second-order valence-electron chi connectivity index (χ2n) is 7.82. The first-order chi connectivity index (χ1) is 14.2. The van der Waals surface area contributed by atoms with E-state index in [1.807, 2.05) is 11.8 Å². The monoisotopic (exact) mass is 427 g/mol. The van der Waals surface area contributed by atoms with Gasteiger partial charge < -0.3 is 10.4 Å². The van der Waals surface area contributed by atoms with Gasteiger partial charge in [-0.15, -0.1) is 11.3 Å². The third-order valence-electron chi connectivity index (χ3n) is 5.98. The van der Waals surface area contributed by atoms with Gasteiger partial charge in [0.1, 0.15) is 16.3 Å². The topological polar surface area (TPSA) is 83.8 Å². The van der Waals surface area contributed by atoms with Gasteiger partial charge in [-0.25, -0.2) is 15.0 Å². The summed E-state index contributed by atoms with van der Waals surface area (Å²) in [7, 11) is 0. The van der Waals surface area contributed by atoms with Gasteiger partial charge in [-0.1, -0.05) is 6.92 Å². The lowest BCUT2D eigenvalue weighted by atomic mass is 9.79. The Bertz CT molecular complexity index is 1020. The van der Waals surface area contributed by atoms with E-state index in [0.717, 1.165) is 47.5 Å². The van der Waals surface area contributed by atoms with Crippen molar-refractivity contribution >= 4 is 39.1 Å². The predicted octanol–water partition coefficient (Wildman–Crippen LogP) is 4.09. The van der Waals surface area contributed by atoms with Crippen LogP contribution in [-0.2, 0) is 12.8 Å². The molecule has 0 aliphatic heterocycles. The average molecular weight is 428 g/mol. The highest BCUT2D eigenvalue weighted by Crippen LogP contribution is 2.43. The largest absolute Gasteiger partial charge is 0.387 e. The minimum atomic E-state index is -0.666. The van der Waals surface area contributed by atoms with E-state index in [4.69, 9.17) is 9.97 Å². The lowest BCUT2D eigenvalue weighted by Gasteiger charge is -2.45. The molecule has 2 N–H and O–H groups in total. The Labute approximate surface area is 178 Å². The van der Waals surface area contributed by atoms with Gasteiger partial charge in [-0.2, -0.15) is 11.8 Å². The summed E-state index contributed by atoms with van der Waals surface area (Å²) in [5.74, 6) is 2.45. The molecule has 2 atom stereocenters. The summed E-state index contributed by atoms with van der Waals surface area (Å²) in [5, 5.41) is 16.0. The van der Waals surface area contributed by atoms with E-state index < -0.39 is 5.60 Å². The quantitative estimate of drug-likeness (QED) is 0.613. The normalized spacial score (nSPS) is 23.6. The third-order valence-corrected chi connectivity index (χ3v) is 8.57. The van der Waals surface area contributed by atoms with Gasteiger partial charge in [0.15, 0.2) is 5.82 Å². The SMILES string of the molecule is CCSC1CCC1(O)CNc1nc(-c2cnccn2)nc2sc3c(c12)CCCC3. The molecule has 3 aromatic rings. The number of nitrogens with one attached hydrogen (secondary N) is 1. The molecule has 2 aliphatic rings. The number of aliphatic hydroxyl groups is 1. The molecule has 3 heterocycles. The number of nitrogens with zero attached hydrogens (tertiary/aromatic N) is 4. The second kappa shape index (κ2) is 7.81. The molecule has 3 aromatic heterocycles. The molecule has 0 spiro atoms. The summed E-state index contributed by atoms with van der Waals surface area (Å²) in [6, 6.07) is 0. The van der Waals surface area contributed by atoms with Crippen molar-refractivity contribution in [3.63, 3.8) is 0 Å². The van der Waals surface area contributed by atoms with Crippen molar-refractivity contribution in [3.8, 4) is 11.5 Å². The summed E-state index contributed by atoms with van der Waals surface area (Å²) in [5.41, 5.74) is 1.40. The van der Waals surface area contributed by atoms with Crippen LogP contribution in [0.4, 0.5) is 5.82 Å². The number of thiophene rings is 1. The molecular formula is C21H25N5OS2. The molecule has 0 radical (unpaired) electrons. The van der Waals surface area contributed by atoms with E-state index in [1.165, 1.54) is 23.3 Å². The molecule has 1 saturated carbocycles. The fourth-order valence-electron chi connectivity index (χ4n) is 4.29. The minimum absolute atomic E-state index is 0.299. The third kappa shape index (κ3) is 3.51. The predicted molar refractivity (Wildman–Crippen MR) is 120 cm³/mol. The van der Waals surface area contributed by atoms with Gasteiger partial charge in [-0.3, -0.25) is 4.98 Å². The van der Waals surface area contributed by atoms with Crippen LogP contribution in [0.2, 0.25) is 0 Å². The molecule has 0 aromatic carbocycles. The van der Waals surface area contributed by atoms with Crippen LogP contribution >= 0.6 is 23.1 Å². The first kappa shape index (κ1) is 19.2. The van der Waals surface area contributed by atoms with Crippen LogP contribution in [0.25, 0.3) is 21.7 Å². The van der Waals surface area contributed by atoms with E-state index in [1.54, 1.807) is 29.9 Å². The number of hydrogen-bond acceptors (Lipinski definition) is 8. The van der Waals surface area contributed by atoms with Crippen LogP contribution < -0.4 is 5.32 Å². The number of aromatic nitrogens is 4. The molecule has 0 saturated heterocycles. The van der Waals surface area contributed by atoms with Crippen molar-refractivity contribution in [1.82, 2.24) is 19.9 Å². The molecule has 5 rings (SSSR count). The summed E-state index contributed by atoms with van der Waals surface area (Å²) in [6.07, 6.45) is 11.6. The highest BCUT2D eigenvalue weighted by atomic mass is 32.2. The van der Waals surface area contributed by atoms with Gasteiger partial charge in [0.2, 0.25) is 0 Å². The Morgan fingerprint density at radius 2 is 2.17 bits per heavy atom. The van der Waals surface area contributed by atoms with E-state index >= 15 is 0 Å². The zero-order valence-electron chi connectivity index (χ0n) is 16.5. The first-order valence-corrected chi connectivity index (χ1v) is 12.2. The van der Waals surface area contributed by atoms with Crippen molar-refractivity contribution < 1.29 is 5.11 Å². The molecule has 8 heteroatoms. The molecule has 29 heavy (non-hydrogen) atoms. The van der Waals surface area contributed by atoms with Crippen molar-refractivity contribution in [1.29, 1.82) is 0 Å². The smallest absolute Gasteiger partial charge is 0.183 e. The van der Waals surface area contributed by atoms with Crippen LogP contribution in [0, 0.1) is 0 Å². The fraction of sp³-hybridized carbons (Fsp3) is 0.524. The molecule has 0 amide bonds. The Balaban J connectivity index is 1.54. The standard InChI is InChI=1S/C21H25N5OS2/c1-2-28-16-7-8-21(16,27)12-24-19-17-13-5-3-4-6-15(13)29-20(17)26-18(25-19)14-11-22-9-10-23-14/h9-11,16,27H,2-8,12H2,1H3,(H,24,25,26). The second-order valence-corrected chi connectivity index (χ2v) is 10.4. The van der Waals surface area contributed by atoms with Crippen molar-refractivity contribution in [2.75, 3.05) is 17.6 Å². The zero-order chi connectivity index (χ0) is 19.8. The molecular weight excluding hydrogens is 402 g/mol. The highest BCUT2D eigenvalue weighted by Gasteiger charge is 2.45. The number of thioether (sulfide) groups is 1. The van der Waals surface area contributed by atoms with Crippen molar-refractivity contribution in [2.45, 2.75) is 56.3 Å². The molecule has 1 fully saturated rings. The van der Waals surface area contributed by atoms with E-state index in [0.29, 0.717) is 23.3 Å². The molecule has 2 aliphatic carbocycles. The van der Waals surface area contributed by atoms with Gasteiger partial charge in [-0.05, 0) is 49.8 Å². The van der Waals surface area contributed by atoms with Gasteiger partial charge >= 0.3 is 0 Å². The van der Waals surface area contributed by atoms with Crippen LogP contribution in [0.1, 0.15) is 43.0 Å². The Morgan fingerprint density at radius 1 is 1.28 bits per heavy atom. The molecule has 2 unspecified atom stereocenters. The van der Waals surface area contributed by atoms with Crippen molar-refractivity contribution in [2.24, 2.45) is 0 Å². The maximum Gasteiger partial charge on any atom is 0.183 e. The van der Waals surface area contributed by atoms with Gasteiger partial charge in [0.05, 0.1) is 17.2 Å². The lowest BCUT2D eigenvalue weighted by molar-refractivity contribution is -0.0120. The molecule has 152 valence electrons. The first-order valence-electron chi connectivity index (χ1n) is 10.3. The van der Waals surface area contributed by atoms with E-state index in [-0.39, 0.29) is 0 Å². The maximum atomic E-state index is 11.1. The van der Waals surface area contributed by atoms with Crippen molar-refractivity contribution in [3.05, 3.63) is 29.0 Å². The number of fused-ring (bicyclic) bond motifs is 3. The maximum absolute atomic E-state index is 11.1. The summed E-state index contributed by atoms with van der Waals surface area (Å²) in [4.78, 5) is 20.7.